The van der Waals surface area contributed by atoms with Crippen molar-refractivity contribution in [3.63, 3.8) is 0 Å². The molecule has 146 valence electrons. The second kappa shape index (κ2) is 9.88. The molecule has 0 amide bonds. The average molecular weight is 382 g/mol. The second-order valence-electron chi connectivity index (χ2n) is 6.63. The molecule has 0 atom stereocenters. The molecule has 28 heavy (non-hydrogen) atoms. The van der Waals surface area contributed by atoms with Gasteiger partial charge < -0.3 is 9.47 Å². The van der Waals surface area contributed by atoms with Crippen LogP contribution in [0.1, 0.15) is 29.2 Å². The van der Waals surface area contributed by atoms with Gasteiger partial charge in [-0.1, -0.05) is 55.5 Å². The van der Waals surface area contributed by atoms with Crippen LogP contribution in [0, 0.1) is 0 Å². The highest BCUT2D eigenvalue weighted by Crippen LogP contribution is 2.18. The highest BCUT2D eigenvalue weighted by molar-refractivity contribution is 5.31. The van der Waals surface area contributed by atoms with Crippen LogP contribution in [0.2, 0.25) is 0 Å². The fraction of sp³-hybridized carbons (Fsp3) is 0.250. The van der Waals surface area contributed by atoms with Crippen LogP contribution in [-0.2, 0) is 25.9 Å². The highest BCUT2D eigenvalue weighted by atomic mass is 19.3. The zero-order valence-electron chi connectivity index (χ0n) is 15.9. The zero-order chi connectivity index (χ0) is 19.8. The first-order chi connectivity index (χ1) is 13.6. The van der Waals surface area contributed by atoms with Crippen molar-refractivity contribution in [2.45, 2.75) is 39.4 Å². The number of rotatable bonds is 9. The SMILES string of the molecule is CCc1ccc(COc2ccc(CCc3ccc(OC(F)F)cc3)cc2)cc1. The summed E-state index contributed by atoms with van der Waals surface area (Å²) >= 11 is 0. The summed E-state index contributed by atoms with van der Waals surface area (Å²) in [6.45, 7) is -0.0948. The third-order valence-electron chi connectivity index (χ3n) is 4.61. The molecular formula is C24H24F2O2. The third-order valence-corrected chi connectivity index (χ3v) is 4.61. The van der Waals surface area contributed by atoms with Crippen molar-refractivity contribution in [1.82, 2.24) is 0 Å². The minimum absolute atomic E-state index is 0.185. The van der Waals surface area contributed by atoms with Gasteiger partial charge in [0.15, 0.2) is 0 Å². The Morgan fingerprint density at radius 1 is 0.643 bits per heavy atom. The van der Waals surface area contributed by atoms with Gasteiger partial charge in [-0.25, -0.2) is 0 Å². The number of hydrogen-bond donors (Lipinski definition) is 0. The molecule has 0 heterocycles. The van der Waals surface area contributed by atoms with Crippen molar-refractivity contribution >= 4 is 0 Å². The second-order valence-corrected chi connectivity index (χ2v) is 6.63. The topological polar surface area (TPSA) is 18.5 Å². The predicted molar refractivity (Wildman–Crippen MR) is 107 cm³/mol. The fourth-order valence-corrected chi connectivity index (χ4v) is 2.92. The summed E-state index contributed by atoms with van der Waals surface area (Å²) in [5.74, 6) is 1.03. The van der Waals surface area contributed by atoms with E-state index in [2.05, 4.69) is 48.1 Å². The summed E-state index contributed by atoms with van der Waals surface area (Å²) in [4.78, 5) is 0. The first-order valence-electron chi connectivity index (χ1n) is 9.45. The summed E-state index contributed by atoms with van der Waals surface area (Å²) in [6, 6.07) is 23.3. The molecule has 0 aliphatic heterocycles. The lowest BCUT2D eigenvalue weighted by molar-refractivity contribution is -0.0498. The number of hydrogen-bond acceptors (Lipinski definition) is 2. The molecule has 3 aromatic carbocycles. The van der Waals surface area contributed by atoms with E-state index in [1.807, 2.05) is 24.3 Å². The zero-order valence-corrected chi connectivity index (χ0v) is 15.9. The van der Waals surface area contributed by atoms with Gasteiger partial charge in [0.1, 0.15) is 18.1 Å². The molecule has 0 aliphatic carbocycles. The summed E-state index contributed by atoms with van der Waals surface area (Å²) in [6.07, 6.45) is 2.74. The lowest BCUT2D eigenvalue weighted by atomic mass is 10.0. The van der Waals surface area contributed by atoms with Crippen LogP contribution < -0.4 is 9.47 Å². The summed E-state index contributed by atoms with van der Waals surface area (Å²) in [5.41, 5.74) is 4.76. The van der Waals surface area contributed by atoms with Crippen LogP contribution >= 0.6 is 0 Å². The monoisotopic (exact) mass is 382 g/mol. The highest BCUT2D eigenvalue weighted by Gasteiger charge is 2.04. The van der Waals surface area contributed by atoms with Gasteiger partial charge in [0.2, 0.25) is 0 Å². The summed E-state index contributed by atoms with van der Waals surface area (Å²) < 4.78 is 34.6. The Kier molecular flexibility index (Phi) is 7.01. The van der Waals surface area contributed by atoms with E-state index in [0.717, 1.165) is 36.1 Å². The Morgan fingerprint density at radius 2 is 1.11 bits per heavy atom. The quantitative estimate of drug-likeness (QED) is 0.438. The molecule has 0 saturated carbocycles. The predicted octanol–water partition coefficient (Wildman–Crippen LogP) is 6.21. The van der Waals surface area contributed by atoms with Crippen molar-refractivity contribution < 1.29 is 18.3 Å². The van der Waals surface area contributed by atoms with E-state index in [0.29, 0.717) is 6.61 Å². The Balaban J connectivity index is 1.47. The van der Waals surface area contributed by atoms with Gasteiger partial charge in [-0.15, -0.1) is 0 Å². The molecular weight excluding hydrogens is 358 g/mol. The molecule has 0 unspecified atom stereocenters. The molecule has 3 aromatic rings. The van der Waals surface area contributed by atoms with Crippen LogP contribution in [0.4, 0.5) is 8.78 Å². The van der Waals surface area contributed by atoms with Gasteiger partial charge in [0, 0.05) is 0 Å². The van der Waals surface area contributed by atoms with Crippen molar-refractivity contribution in [1.29, 1.82) is 0 Å². The minimum Gasteiger partial charge on any atom is -0.489 e. The maximum atomic E-state index is 12.2. The molecule has 0 radical (unpaired) electrons. The first kappa shape index (κ1) is 19.9. The lowest BCUT2D eigenvalue weighted by Gasteiger charge is -2.09. The lowest BCUT2D eigenvalue weighted by Crippen LogP contribution is -2.01. The maximum absolute atomic E-state index is 12.2. The molecule has 0 fully saturated rings. The first-order valence-corrected chi connectivity index (χ1v) is 9.45. The van der Waals surface area contributed by atoms with E-state index in [4.69, 9.17) is 4.74 Å². The van der Waals surface area contributed by atoms with Crippen LogP contribution in [0.5, 0.6) is 11.5 Å². The summed E-state index contributed by atoms with van der Waals surface area (Å²) in [7, 11) is 0. The summed E-state index contributed by atoms with van der Waals surface area (Å²) in [5, 5.41) is 0. The molecule has 2 nitrogen and oxygen atoms in total. The van der Waals surface area contributed by atoms with Gasteiger partial charge >= 0.3 is 6.61 Å². The smallest absolute Gasteiger partial charge is 0.387 e. The van der Waals surface area contributed by atoms with Gasteiger partial charge in [0.25, 0.3) is 0 Å². The number of aryl methyl sites for hydroxylation is 3. The van der Waals surface area contributed by atoms with Crippen molar-refractivity contribution in [3.8, 4) is 11.5 Å². The molecule has 0 aromatic heterocycles. The Bertz CT molecular complexity index is 841. The molecule has 0 N–H and O–H groups in total. The van der Waals surface area contributed by atoms with E-state index < -0.39 is 6.61 Å². The van der Waals surface area contributed by atoms with Crippen LogP contribution in [0.15, 0.2) is 72.8 Å². The van der Waals surface area contributed by atoms with Crippen LogP contribution in [-0.4, -0.2) is 6.61 Å². The Morgan fingerprint density at radius 3 is 1.61 bits per heavy atom. The molecule has 3 rings (SSSR count). The van der Waals surface area contributed by atoms with Crippen LogP contribution in [0.25, 0.3) is 0 Å². The number of alkyl halides is 2. The molecule has 0 saturated heterocycles. The van der Waals surface area contributed by atoms with E-state index in [-0.39, 0.29) is 5.75 Å². The van der Waals surface area contributed by atoms with Gasteiger partial charge in [-0.2, -0.15) is 8.78 Å². The van der Waals surface area contributed by atoms with E-state index >= 15 is 0 Å². The normalized spacial score (nSPS) is 10.9. The van der Waals surface area contributed by atoms with Gasteiger partial charge in [-0.05, 0) is 65.8 Å². The van der Waals surface area contributed by atoms with Gasteiger partial charge in [0.05, 0.1) is 0 Å². The molecule has 0 aliphatic rings. The Hall–Kier alpha value is -2.88. The van der Waals surface area contributed by atoms with E-state index in [1.54, 1.807) is 12.1 Å². The van der Waals surface area contributed by atoms with Crippen molar-refractivity contribution in [2.75, 3.05) is 0 Å². The number of benzene rings is 3. The number of halogens is 2. The minimum atomic E-state index is -2.79. The average Bonchev–Trinajstić information content (AvgIpc) is 2.72. The van der Waals surface area contributed by atoms with Crippen molar-refractivity contribution in [2.24, 2.45) is 0 Å². The molecule has 0 bridgehead atoms. The third kappa shape index (κ3) is 6.08. The Labute approximate surface area is 164 Å². The van der Waals surface area contributed by atoms with E-state index in [9.17, 15) is 8.78 Å². The standard InChI is InChI=1S/C24H24F2O2/c1-2-18-3-7-21(8-4-18)17-27-22-13-9-19(10-14-22)5-6-20-11-15-23(16-12-20)28-24(25)26/h3-4,7-16,24H,2,5-6,17H2,1H3. The largest absolute Gasteiger partial charge is 0.489 e. The van der Waals surface area contributed by atoms with Gasteiger partial charge in [-0.3, -0.25) is 0 Å². The fourth-order valence-electron chi connectivity index (χ4n) is 2.92. The van der Waals surface area contributed by atoms with Crippen molar-refractivity contribution in [3.05, 3.63) is 95.1 Å². The maximum Gasteiger partial charge on any atom is 0.387 e. The molecule has 0 spiro atoms. The number of ether oxygens (including phenoxy) is 2. The van der Waals surface area contributed by atoms with Crippen LogP contribution in [0.3, 0.4) is 0 Å². The van der Waals surface area contributed by atoms with E-state index in [1.165, 1.54) is 11.1 Å². The molecule has 4 heteroatoms.